The second-order valence-electron chi connectivity index (χ2n) is 4.89. The van der Waals surface area contributed by atoms with Crippen LogP contribution in [0, 0.1) is 0 Å². The average Bonchev–Trinajstić information content (AvgIpc) is 3.08. The molecule has 0 aliphatic carbocycles. The lowest BCUT2D eigenvalue weighted by Crippen LogP contribution is -2.30. The van der Waals surface area contributed by atoms with E-state index < -0.39 is 6.03 Å². The van der Waals surface area contributed by atoms with Crippen molar-refractivity contribution in [3.63, 3.8) is 0 Å². The Morgan fingerprint density at radius 1 is 1.35 bits per heavy atom. The highest BCUT2D eigenvalue weighted by molar-refractivity contribution is 9.10. The Hall–Kier alpha value is -2.19. The van der Waals surface area contributed by atoms with Gasteiger partial charge in [-0.15, -0.1) is 11.3 Å². The van der Waals surface area contributed by atoms with Crippen LogP contribution in [0.1, 0.15) is 15.2 Å². The van der Waals surface area contributed by atoms with E-state index in [0.29, 0.717) is 10.6 Å². The fourth-order valence-corrected chi connectivity index (χ4v) is 3.64. The standard InChI is InChI=1S/C15H12BrN3O3S/c16-11-4-5-23-13(11)14(21)18-10-3-1-2-9(6-10)8-19-12(20)7-17-15(19)22/h1-6H,7-8H2,(H,17,22)(H,18,21). The molecule has 1 fully saturated rings. The number of anilines is 1. The van der Waals surface area contributed by atoms with E-state index in [2.05, 4.69) is 26.6 Å². The van der Waals surface area contributed by atoms with Crippen LogP contribution in [-0.4, -0.2) is 29.3 Å². The third-order valence-electron chi connectivity index (χ3n) is 3.29. The normalized spacial score (nSPS) is 14.0. The number of nitrogens with zero attached hydrogens (tertiary/aromatic N) is 1. The van der Waals surface area contributed by atoms with E-state index in [1.165, 1.54) is 11.3 Å². The van der Waals surface area contributed by atoms with Crippen molar-refractivity contribution < 1.29 is 14.4 Å². The molecular weight excluding hydrogens is 382 g/mol. The smallest absolute Gasteiger partial charge is 0.324 e. The van der Waals surface area contributed by atoms with Crippen LogP contribution in [0.3, 0.4) is 0 Å². The van der Waals surface area contributed by atoms with Crippen molar-refractivity contribution in [1.82, 2.24) is 10.2 Å². The molecule has 0 unspecified atom stereocenters. The topological polar surface area (TPSA) is 78.5 Å². The Morgan fingerprint density at radius 3 is 2.83 bits per heavy atom. The average molecular weight is 394 g/mol. The molecule has 8 heteroatoms. The molecule has 0 bridgehead atoms. The largest absolute Gasteiger partial charge is 0.329 e. The number of carbonyl (C=O) groups is 3. The first-order chi connectivity index (χ1) is 11.0. The maximum Gasteiger partial charge on any atom is 0.324 e. The molecule has 118 valence electrons. The van der Waals surface area contributed by atoms with Gasteiger partial charge < -0.3 is 10.6 Å². The number of rotatable bonds is 4. The molecule has 0 spiro atoms. The number of imide groups is 1. The molecule has 1 aromatic heterocycles. The van der Waals surface area contributed by atoms with Crippen molar-refractivity contribution in [2.24, 2.45) is 0 Å². The van der Waals surface area contributed by atoms with Gasteiger partial charge >= 0.3 is 6.03 Å². The Morgan fingerprint density at radius 2 is 2.17 bits per heavy atom. The monoisotopic (exact) mass is 393 g/mol. The van der Waals surface area contributed by atoms with Gasteiger partial charge in [0.15, 0.2) is 0 Å². The van der Waals surface area contributed by atoms with Crippen molar-refractivity contribution in [2.45, 2.75) is 6.54 Å². The van der Waals surface area contributed by atoms with Gasteiger partial charge in [-0.25, -0.2) is 4.79 Å². The van der Waals surface area contributed by atoms with Crippen molar-refractivity contribution in [3.05, 3.63) is 50.6 Å². The lowest BCUT2D eigenvalue weighted by Gasteiger charge is -2.13. The molecule has 0 atom stereocenters. The number of thiophene rings is 1. The first kappa shape index (κ1) is 15.7. The van der Waals surface area contributed by atoms with E-state index in [0.717, 1.165) is 14.9 Å². The predicted octanol–water partition coefficient (Wildman–Crippen LogP) is 2.81. The van der Waals surface area contributed by atoms with E-state index >= 15 is 0 Å². The summed E-state index contributed by atoms with van der Waals surface area (Å²) in [6.45, 7) is 0.207. The van der Waals surface area contributed by atoms with Crippen molar-refractivity contribution >= 4 is 50.8 Å². The molecular formula is C15H12BrN3O3S. The summed E-state index contributed by atoms with van der Waals surface area (Å²) < 4.78 is 0.746. The summed E-state index contributed by atoms with van der Waals surface area (Å²) in [5.41, 5.74) is 1.37. The third-order valence-corrected chi connectivity index (χ3v) is 5.12. The molecule has 2 N–H and O–H groups in total. The van der Waals surface area contributed by atoms with Crippen LogP contribution in [-0.2, 0) is 11.3 Å². The summed E-state index contributed by atoms with van der Waals surface area (Å²) in [5.74, 6) is -0.467. The van der Waals surface area contributed by atoms with Crippen LogP contribution in [0.25, 0.3) is 0 Å². The zero-order chi connectivity index (χ0) is 16.4. The number of hydrogen-bond acceptors (Lipinski definition) is 4. The van der Waals surface area contributed by atoms with E-state index in [1.54, 1.807) is 24.3 Å². The Balaban J connectivity index is 1.73. The zero-order valence-corrected chi connectivity index (χ0v) is 14.2. The second kappa shape index (κ2) is 6.51. The quantitative estimate of drug-likeness (QED) is 0.783. The number of benzene rings is 1. The highest BCUT2D eigenvalue weighted by Gasteiger charge is 2.28. The lowest BCUT2D eigenvalue weighted by atomic mass is 10.2. The molecule has 1 aliphatic heterocycles. The summed E-state index contributed by atoms with van der Waals surface area (Å²) >= 11 is 4.67. The second-order valence-corrected chi connectivity index (χ2v) is 6.66. The molecule has 2 aromatic rings. The van der Waals surface area contributed by atoms with Gasteiger partial charge in [0, 0.05) is 10.2 Å². The van der Waals surface area contributed by atoms with Crippen molar-refractivity contribution in [1.29, 1.82) is 0 Å². The van der Waals surface area contributed by atoms with Gasteiger partial charge in [-0.2, -0.15) is 0 Å². The van der Waals surface area contributed by atoms with Gasteiger partial charge in [0.1, 0.15) is 4.88 Å². The highest BCUT2D eigenvalue weighted by Crippen LogP contribution is 2.24. The maximum atomic E-state index is 12.2. The van der Waals surface area contributed by atoms with Gasteiger partial charge in [-0.1, -0.05) is 12.1 Å². The van der Waals surface area contributed by atoms with Crippen molar-refractivity contribution in [3.8, 4) is 0 Å². The number of halogens is 1. The van der Waals surface area contributed by atoms with Gasteiger partial charge in [0.25, 0.3) is 5.91 Å². The summed E-state index contributed by atoms with van der Waals surface area (Å²) in [6.07, 6.45) is 0. The van der Waals surface area contributed by atoms with Gasteiger partial charge in [-0.3, -0.25) is 14.5 Å². The maximum absolute atomic E-state index is 12.2. The van der Waals surface area contributed by atoms with Crippen LogP contribution in [0.2, 0.25) is 0 Å². The number of carbonyl (C=O) groups excluding carboxylic acids is 3. The number of amides is 4. The van der Waals surface area contributed by atoms with E-state index in [-0.39, 0.29) is 24.9 Å². The molecule has 1 aliphatic rings. The molecule has 0 saturated carbocycles. The molecule has 1 aromatic carbocycles. The Bertz CT molecular complexity index is 774. The molecule has 2 heterocycles. The van der Waals surface area contributed by atoms with Gasteiger partial charge in [0.2, 0.25) is 5.91 Å². The first-order valence-electron chi connectivity index (χ1n) is 6.76. The summed E-state index contributed by atoms with van der Waals surface area (Å²) in [7, 11) is 0. The van der Waals surface area contributed by atoms with Crippen LogP contribution < -0.4 is 10.6 Å². The minimum absolute atomic E-state index is 0.0294. The predicted molar refractivity (Wildman–Crippen MR) is 90.4 cm³/mol. The number of urea groups is 1. The Labute approximate surface area is 144 Å². The van der Waals surface area contributed by atoms with E-state index in [9.17, 15) is 14.4 Å². The summed E-state index contributed by atoms with van der Waals surface area (Å²) in [5, 5.41) is 7.11. The highest BCUT2D eigenvalue weighted by atomic mass is 79.9. The summed E-state index contributed by atoms with van der Waals surface area (Å²) in [4.78, 5) is 37.1. The molecule has 4 amide bonds. The van der Waals surface area contributed by atoms with Gasteiger partial charge in [-0.05, 0) is 45.1 Å². The van der Waals surface area contributed by atoms with Crippen LogP contribution in [0.15, 0.2) is 40.2 Å². The minimum atomic E-state index is -0.396. The Kier molecular flexibility index (Phi) is 4.44. The molecule has 3 rings (SSSR count). The van der Waals surface area contributed by atoms with Crippen molar-refractivity contribution in [2.75, 3.05) is 11.9 Å². The van der Waals surface area contributed by atoms with E-state index in [1.807, 2.05) is 11.4 Å². The van der Waals surface area contributed by atoms with Crippen LogP contribution in [0.5, 0.6) is 0 Å². The third kappa shape index (κ3) is 3.43. The number of hydrogen-bond donors (Lipinski definition) is 2. The molecule has 6 nitrogen and oxygen atoms in total. The fourth-order valence-electron chi connectivity index (χ4n) is 2.19. The first-order valence-corrected chi connectivity index (χ1v) is 8.43. The van der Waals surface area contributed by atoms with Crippen LogP contribution >= 0.6 is 27.3 Å². The molecule has 1 saturated heterocycles. The van der Waals surface area contributed by atoms with E-state index in [4.69, 9.17) is 0 Å². The van der Waals surface area contributed by atoms with Gasteiger partial charge in [0.05, 0.1) is 13.1 Å². The fraction of sp³-hybridized carbons (Fsp3) is 0.133. The summed E-state index contributed by atoms with van der Waals surface area (Å²) in [6, 6.07) is 8.50. The minimum Gasteiger partial charge on any atom is -0.329 e. The molecule has 0 radical (unpaired) electrons. The SMILES string of the molecule is O=C(Nc1cccc(CN2C(=O)CNC2=O)c1)c1sccc1Br. The molecule has 23 heavy (non-hydrogen) atoms. The zero-order valence-electron chi connectivity index (χ0n) is 11.8. The van der Waals surface area contributed by atoms with Crippen LogP contribution in [0.4, 0.5) is 10.5 Å². The lowest BCUT2D eigenvalue weighted by molar-refractivity contribution is -0.125. The number of nitrogens with one attached hydrogen (secondary N) is 2.